The number of hydrogen-bond donors (Lipinski definition) is 1. The van der Waals surface area contributed by atoms with E-state index in [-0.39, 0.29) is 0 Å². The summed E-state index contributed by atoms with van der Waals surface area (Å²) in [5.41, 5.74) is 2.27. The average Bonchev–Trinajstić information content (AvgIpc) is 3.07. The Morgan fingerprint density at radius 2 is 1.77 bits per heavy atom. The lowest BCUT2D eigenvalue weighted by molar-refractivity contribution is -0.142. The minimum atomic E-state index is -0.908. The van der Waals surface area contributed by atoms with Crippen molar-refractivity contribution in [2.75, 3.05) is 6.54 Å². The van der Waals surface area contributed by atoms with Crippen LogP contribution in [0.2, 0.25) is 0 Å². The molecule has 2 aromatic rings. The van der Waals surface area contributed by atoms with Gasteiger partial charge in [-0.3, -0.25) is 9.69 Å². The largest absolute Gasteiger partial charge is 0.480 e. The highest BCUT2D eigenvalue weighted by atomic mass is 19.1. The summed E-state index contributed by atoms with van der Waals surface area (Å²) in [7, 11) is 0. The Morgan fingerprint density at radius 1 is 1.12 bits per heavy atom. The summed E-state index contributed by atoms with van der Waals surface area (Å²) in [5.74, 6) is -1.84. The van der Waals surface area contributed by atoms with Crippen LogP contribution in [-0.4, -0.2) is 28.6 Å². The van der Waals surface area contributed by atoms with Gasteiger partial charge in [0, 0.05) is 18.2 Å². The van der Waals surface area contributed by atoms with Crippen LogP contribution < -0.4 is 0 Å². The molecule has 0 spiro atoms. The smallest absolute Gasteiger partial charge is 0.320 e. The molecule has 1 saturated heterocycles. The summed E-state index contributed by atoms with van der Waals surface area (Å²) in [4.78, 5) is 13.5. The highest BCUT2D eigenvalue weighted by molar-refractivity contribution is 5.74. The zero-order valence-electron chi connectivity index (χ0n) is 15.0. The molecule has 2 atom stereocenters. The van der Waals surface area contributed by atoms with Crippen LogP contribution in [0.25, 0.3) is 0 Å². The van der Waals surface area contributed by atoms with Gasteiger partial charge in [0.1, 0.15) is 17.7 Å². The molecule has 26 heavy (non-hydrogen) atoms. The van der Waals surface area contributed by atoms with E-state index < -0.39 is 29.7 Å². The van der Waals surface area contributed by atoms with Crippen molar-refractivity contribution in [1.82, 2.24) is 4.90 Å². The van der Waals surface area contributed by atoms with Crippen LogP contribution in [0.15, 0.2) is 42.5 Å². The summed E-state index contributed by atoms with van der Waals surface area (Å²) in [6.45, 7) is 4.74. The van der Waals surface area contributed by atoms with Crippen LogP contribution in [0.5, 0.6) is 0 Å². The lowest BCUT2D eigenvalue weighted by atomic mass is 9.93. The predicted octanol–water partition coefficient (Wildman–Crippen LogP) is 4.73. The van der Waals surface area contributed by atoms with Crippen LogP contribution in [0.4, 0.5) is 8.78 Å². The van der Waals surface area contributed by atoms with Crippen LogP contribution >= 0.6 is 0 Å². The van der Waals surface area contributed by atoms with Gasteiger partial charge in [0.2, 0.25) is 0 Å². The van der Waals surface area contributed by atoms with Gasteiger partial charge in [-0.15, -0.1) is 0 Å². The van der Waals surface area contributed by atoms with Crippen LogP contribution in [0, 0.1) is 11.6 Å². The molecule has 1 N–H and O–H groups in total. The second-order valence-corrected chi connectivity index (χ2v) is 7.12. The fourth-order valence-corrected chi connectivity index (χ4v) is 3.70. The first kappa shape index (κ1) is 18.5. The van der Waals surface area contributed by atoms with Crippen LogP contribution in [0.3, 0.4) is 0 Å². The van der Waals surface area contributed by atoms with Crippen molar-refractivity contribution in [1.29, 1.82) is 0 Å². The summed E-state index contributed by atoms with van der Waals surface area (Å²) >= 11 is 0. The summed E-state index contributed by atoms with van der Waals surface area (Å²) < 4.78 is 28.0. The molecular weight excluding hydrogens is 336 g/mol. The molecule has 1 heterocycles. The number of rotatable bonds is 5. The first-order chi connectivity index (χ1) is 12.4. The second-order valence-electron chi connectivity index (χ2n) is 7.12. The van der Waals surface area contributed by atoms with Gasteiger partial charge in [0.05, 0.1) is 6.04 Å². The topological polar surface area (TPSA) is 40.5 Å². The molecule has 0 aromatic heterocycles. The third-order valence-electron chi connectivity index (χ3n) is 5.09. The van der Waals surface area contributed by atoms with E-state index in [4.69, 9.17) is 0 Å². The molecule has 5 heteroatoms. The highest BCUT2D eigenvalue weighted by Crippen LogP contribution is 2.36. The van der Waals surface area contributed by atoms with Gasteiger partial charge in [-0.2, -0.15) is 0 Å². The minimum Gasteiger partial charge on any atom is -0.480 e. The zero-order chi connectivity index (χ0) is 18.8. The van der Waals surface area contributed by atoms with Crippen LogP contribution in [0.1, 0.15) is 55.3 Å². The molecule has 2 aromatic carbocycles. The minimum absolute atomic E-state index is 0.303. The van der Waals surface area contributed by atoms with Gasteiger partial charge in [-0.05, 0) is 36.0 Å². The van der Waals surface area contributed by atoms with E-state index in [1.807, 2.05) is 29.2 Å². The Balaban J connectivity index is 2.08. The number of hydrogen-bond acceptors (Lipinski definition) is 2. The monoisotopic (exact) mass is 359 g/mol. The SMILES string of the molecule is CC(C)c1ccc(C(c2ccc(F)cc2F)N2CCCC2C(=O)O)cc1. The van der Waals surface area contributed by atoms with Crippen molar-refractivity contribution in [2.24, 2.45) is 0 Å². The number of carboxylic acid groups (broad SMARTS) is 1. The number of aliphatic carboxylic acids is 1. The van der Waals surface area contributed by atoms with E-state index in [0.717, 1.165) is 23.6 Å². The third kappa shape index (κ3) is 3.63. The normalized spacial score (nSPS) is 19.0. The van der Waals surface area contributed by atoms with Crippen molar-refractivity contribution in [3.63, 3.8) is 0 Å². The van der Waals surface area contributed by atoms with Crippen LogP contribution in [-0.2, 0) is 4.79 Å². The number of benzene rings is 2. The van der Waals surface area contributed by atoms with E-state index in [0.29, 0.717) is 24.4 Å². The molecule has 1 fully saturated rings. The van der Waals surface area contributed by atoms with Gasteiger partial charge < -0.3 is 5.11 Å². The molecule has 0 aliphatic carbocycles. The molecule has 3 nitrogen and oxygen atoms in total. The molecule has 2 unspecified atom stereocenters. The van der Waals surface area contributed by atoms with E-state index >= 15 is 0 Å². The van der Waals surface area contributed by atoms with Gasteiger partial charge >= 0.3 is 5.97 Å². The lowest BCUT2D eigenvalue weighted by Crippen LogP contribution is -2.39. The summed E-state index contributed by atoms with van der Waals surface area (Å²) in [6.07, 6.45) is 1.26. The Labute approximate surface area is 152 Å². The van der Waals surface area contributed by atoms with Gasteiger partial charge in [-0.1, -0.05) is 44.2 Å². The predicted molar refractivity (Wildman–Crippen MR) is 96.1 cm³/mol. The summed E-state index contributed by atoms with van der Waals surface area (Å²) in [5, 5.41) is 9.56. The average molecular weight is 359 g/mol. The first-order valence-electron chi connectivity index (χ1n) is 8.92. The number of nitrogens with zero attached hydrogens (tertiary/aromatic N) is 1. The van der Waals surface area contributed by atoms with E-state index in [1.165, 1.54) is 12.1 Å². The molecule has 0 radical (unpaired) electrons. The molecule has 3 rings (SSSR count). The van der Waals surface area contributed by atoms with Gasteiger partial charge in [-0.25, -0.2) is 8.78 Å². The third-order valence-corrected chi connectivity index (χ3v) is 5.09. The van der Waals surface area contributed by atoms with Crippen molar-refractivity contribution >= 4 is 5.97 Å². The second kappa shape index (κ2) is 7.54. The molecule has 138 valence electrons. The highest BCUT2D eigenvalue weighted by Gasteiger charge is 2.37. The molecule has 0 saturated carbocycles. The quantitative estimate of drug-likeness (QED) is 0.839. The standard InChI is InChI=1S/C21H23F2NO2/c1-13(2)14-5-7-15(8-6-14)20(17-10-9-16(22)12-18(17)23)24-11-3-4-19(24)21(25)26/h5-10,12-13,19-20H,3-4,11H2,1-2H3,(H,25,26). The molecular formula is C21H23F2NO2. The Morgan fingerprint density at radius 3 is 2.35 bits per heavy atom. The molecule has 0 bridgehead atoms. The molecule has 1 aliphatic rings. The van der Waals surface area contributed by atoms with Crippen molar-refractivity contribution < 1.29 is 18.7 Å². The van der Waals surface area contributed by atoms with E-state index in [1.54, 1.807) is 0 Å². The van der Waals surface area contributed by atoms with Crippen molar-refractivity contribution in [3.05, 3.63) is 70.8 Å². The maximum absolute atomic E-state index is 14.6. The number of halogens is 2. The fourth-order valence-electron chi connectivity index (χ4n) is 3.70. The summed E-state index contributed by atoms with van der Waals surface area (Å²) in [6, 6.07) is 10.1. The Bertz CT molecular complexity index is 789. The van der Waals surface area contributed by atoms with E-state index in [2.05, 4.69) is 13.8 Å². The fraction of sp³-hybridized carbons (Fsp3) is 0.381. The Hall–Kier alpha value is -2.27. The van der Waals surface area contributed by atoms with Crippen molar-refractivity contribution in [2.45, 2.75) is 44.7 Å². The number of likely N-dealkylation sites (tertiary alicyclic amines) is 1. The molecule has 1 aliphatic heterocycles. The lowest BCUT2D eigenvalue weighted by Gasteiger charge is -2.32. The van der Waals surface area contributed by atoms with E-state index in [9.17, 15) is 18.7 Å². The molecule has 0 amide bonds. The Kier molecular flexibility index (Phi) is 5.37. The van der Waals surface area contributed by atoms with Gasteiger partial charge in [0.25, 0.3) is 0 Å². The first-order valence-corrected chi connectivity index (χ1v) is 8.92. The number of carboxylic acids is 1. The maximum Gasteiger partial charge on any atom is 0.320 e. The zero-order valence-corrected chi connectivity index (χ0v) is 15.0. The maximum atomic E-state index is 14.6. The number of carbonyl (C=O) groups is 1. The van der Waals surface area contributed by atoms with Crippen molar-refractivity contribution in [3.8, 4) is 0 Å². The van der Waals surface area contributed by atoms with Gasteiger partial charge in [0.15, 0.2) is 0 Å².